The normalized spacial score (nSPS) is 14.7. The van der Waals surface area contributed by atoms with Gasteiger partial charge in [0.25, 0.3) is 0 Å². The Balaban J connectivity index is 1.88. The van der Waals surface area contributed by atoms with E-state index >= 15 is 0 Å². The maximum absolute atomic E-state index is 13.2. The van der Waals surface area contributed by atoms with Crippen molar-refractivity contribution in [1.29, 1.82) is 0 Å². The summed E-state index contributed by atoms with van der Waals surface area (Å²) in [6.45, 7) is 1.00. The molecule has 0 bridgehead atoms. The standard InChI is InChI=1S/C19H20ClFN2O3S/c20-16-5-9-18(10-6-16)27(25,26)23(13-15-3-7-17(21)8-4-15)14-19(24)22-11-1-2-12-22/h3-10H,1-2,11-14H2. The molecule has 1 fully saturated rings. The number of likely N-dealkylation sites (tertiary alicyclic amines) is 1. The van der Waals surface area contributed by atoms with Gasteiger partial charge in [-0.3, -0.25) is 4.79 Å². The first-order chi connectivity index (χ1) is 12.9. The lowest BCUT2D eigenvalue weighted by molar-refractivity contribution is -0.130. The van der Waals surface area contributed by atoms with Crippen LogP contribution in [0.2, 0.25) is 5.02 Å². The molecule has 0 radical (unpaired) electrons. The van der Waals surface area contributed by atoms with Crippen LogP contribution >= 0.6 is 11.6 Å². The van der Waals surface area contributed by atoms with Crippen LogP contribution < -0.4 is 0 Å². The minimum Gasteiger partial charge on any atom is -0.342 e. The highest BCUT2D eigenvalue weighted by Crippen LogP contribution is 2.21. The summed E-state index contributed by atoms with van der Waals surface area (Å²) in [5.41, 5.74) is 0.600. The van der Waals surface area contributed by atoms with Gasteiger partial charge in [0, 0.05) is 24.7 Å². The van der Waals surface area contributed by atoms with Crippen LogP contribution in [0.5, 0.6) is 0 Å². The molecule has 0 saturated carbocycles. The van der Waals surface area contributed by atoms with Crippen molar-refractivity contribution in [2.75, 3.05) is 19.6 Å². The quantitative estimate of drug-likeness (QED) is 0.734. The number of rotatable bonds is 6. The number of hydrogen-bond acceptors (Lipinski definition) is 3. The van der Waals surface area contributed by atoms with Crippen LogP contribution in [0.25, 0.3) is 0 Å². The van der Waals surface area contributed by atoms with Crippen molar-refractivity contribution in [3.05, 3.63) is 64.9 Å². The molecular formula is C19H20ClFN2O3S. The summed E-state index contributed by atoms with van der Waals surface area (Å²) in [5, 5.41) is 0.423. The molecule has 144 valence electrons. The number of amides is 1. The molecule has 1 aliphatic heterocycles. The molecule has 1 amide bonds. The monoisotopic (exact) mass is 410 g/mol. The van der Waals surface area contributed by atoms with Crippen LogP contribution in [-0.2, 0) is 21.4 Å². The highest BCUT2D eigenvalue weighted by molar-refractivity contribution is 7.89. The van der Waals surface area contributed by atoms with Gasteiger partial charge in [0.2, 0.25) is 15.9 Å². The molecule has 0 atom stereocenters. The Labute approximate surface area is 163 Å². The zero-order valence-corrected chi connectivity index (χ0v) is 16.2. The molecule has 8 heteroatoms. The second-order valence-corrected chi connectivity index (χ2v) is 8.82. The van der Waals surface area contributed by atoms with Gasteiger partial charge in [0.15, 0.2) is 0 Å². The lowest BCUT2D eigenvalue weighted by Crippen LogP contribution is -2.41. The number of carbonyl (C=O) groups is 1. The molecule has 5 nitrogen and oxygen atoms in total. The van der Waals surface area contributed by atoms with Crippen LogP contribution in [0.15, 0.2) is 53.4 Å². The number of carbonyl (C=O) groups excluding carboxylic acids is 1. The maximum atomic E-state index is 13.2. The van der Waals surface area contributed by atoms with E-state index in [-0.39, 0.29) is 23.9 Å². The highest BCUT2D eigenvalue weighted by Gasteiger charge is 2.29. The topological polar surface area (TPSA) is 57.7 Å². The molecule has 0 N–H and O–H groups in total. The van der Waals surface area contributed by atoms with Gasteiger partial charge in [-0.1, -0.05) is 23.7 Å². The van der Waals surface area contributed by atoms with Gasteiger partial charge in [-0.25, -0.2) is 12.8 Å². The molecule has 1 saturated heterocycles. The largest absolute Gasteiger partial charge is 0.342 e. The van der Waals surface area contributed by atoms with Gasteiger partial charge in [0.05, 0.1) is 11.4 Å². The molecule has 0 unspecified atom stereocenters. The molecule has 0 spiro atoms. The van der Waals surface area contributed by atoms with E-state index in [2.05, 4.69) is 0 Å². The molecule has 0 aromatic heterocycles. The summed E-state index contributed by atoms with van der Waals surface area (Å²) in [7, 11) is -3.92. The van der Waals surface area contributed by atoms with Crippen LogP contribution in [0.3, 0.4) is 0 Å². The van der Waals surface area contributed by atoms with E-state index in [0.717, 1.165) is 17.1 Å². The molecular weight excluding hydrogens is 391 g/mol. The first kappa shape index (κ1) is 19.8. The van der Waals surface area contributed by atoms with E-state index in [1.54, 1.807) is 4.90 Å². The van der Waals surface area contributed by atoms with Crippen molar-refractivity contribution >= 4 is 27.5 Å². The number of sulfonamides is 1. The van der Waals surface area contributed by atoms with Gasteiger partial charge < -0.3 is 4.90 Å². The Bertz CT molecular complexity index is 896. The van der Waals surface area contributed by atoms with Gasteiger partial charge in [-0.2, -0.15) is 4.31 Å². The van der Waals surface area contributed by atoms with Gasteiger partial charge >= 0.3 is 0 Å². The SMILES string of the molecule is O=C(CN(Cc1ccc(F)cc1)S(=O)(=O)c1ccc(Cl)cc1)N1CCCC1. The lowest BCUT2D eigenvalue weighted by Gasteiger charge is -2.24. The van der Waals surface area contributed by atoms with Crippen LogP contribution in [-0.4, -0.2) is 43.2 Å². The molecule has 2 aromatic carbocycles. The third kappa shape index (κ3) is 4.86. The first-order valence-corrected chi connectivity index (χ1v) is 10.5. The highest BCUT2D eigenvalue weighted by atomic mass is 35.5. The molecule has 2 aromatic rings. The number of hydrogen-bond donors (Lipinski definition) is 0. The lowest BCUT2D eigenvalue weighted by atomic mass is 10.2. The minimum atomic E-state index is -3.92. The summed E-state index contributed by atoms with van der Waals surface area (Å²) in [5.74, 6) is -0.633. The predicted molar refractivity (Wildman–Crippen MR) is 101 cm³/mol. The number of halogens is 2. The maximum Gasteiger partial charge on any atom is 0.243 e. The fraction of sp³-hybridized carbons (Fsp3) is 0.316. The summed E-state index contributed by atoms with van der Waals surface area (Å²) < 4.78 is 40.5. The third-order valence-electron chi connectivity index (χ3n) is 4.49. The summed E-state index contributed by atoms with van der Waals surface area (Å²) in [6.07, 6.45) is 1.85. The predicted octanol–water partition coefficient (Wildman–Crippen LogP) is 3.29. The smallest absolute Gasteiger partial charge is 0.243 e. The molecule has 3 rings (SSSR count). The van der Waals surface area contributed by atoms with Gasteiger partial charge in [0.1, 0.15) is 5.82 Å². The summed E-state index contributed by atoms with van der Waals surface area (Å²) in [4.78, 5) is 14.3. The second-order valence-electron chi connectivity index (χ2n) is 6.44. The van der Waals surface area contributed by atoms with Crippen LogP contribution in [0, 0.1) is 5.82 Å². The summed E-state index contributed by atoms with van der Waals surface area (Å²) >= 11 is 5.85. The van der Waals surface area contributed by atoms with E-state index < -0.39 is 15.8 Å². The van der Waals surface area contributed by atoms with Gasteiger partial charge in [-0.05, 0) is 54.8 Å². The second kappa shape index (κ2) is 8.37. The van der Waals surface area contributed by atoms with Crippen molar-refractivity contribution in [2.45, 2.75) is 24.3 Å². The van der Waals surface area contributed by atoms with Crippen molar-refractivity contribution in [1.82, 2.24) is 9.21 Å². The Morgan fingerprint density at radius 2 is 1.63 bits per heavy atom. The number of benzene rings is 2. The van der Waals surface area contributed by atoms with E-state index in [0.29, 0.717) is 23.7 Å². The third-order valence-corrected chi connectivity index (χ3v) is 6.55. The molecule has 1 aliphatic rings. The Morgan fingerprint density at radius 1 is 1.04 bits per heavy atom. The number of nitrogens with zero attached hydrogens (tertiary/aromatic N) is 2. The van der Waals surface area contributed by atoms with E-state index in [4.69, 9.17) is 11.6 Å². The Kier molecular flexibility index (Phi) is 6.14. The zero-order valence-electron chi connectivity index (χ0n) is 14.6. The van der Waals surface area contributed by atoms with Crippen LogP contribution in [0.4, 0.5) is 4.39 Å². The molecule has 0 aliphatic carbocycles. The van der Waals surface area contributed by atoms with Crippen LogP contribution in [0.1, 0.15) is 18.4 Å². The first-order valence-electron chi connectivity index (χ1n) is 8.64. The average Bonchev–Trinajstić information content (AvgIpc) is 3.18. The molecule has 1 heterocycles. The van der Waals surface area contributed by atoms with Crippen molar-refractivity contribution in [2.24, 2.45) is 0 Å². The van der Waals surface area contributed by atoms with Crippen molar-refractivity contribution < 1.29 is 17.6 Å². The van der Waals surface area contributed by atoms with Gasteiger partial charge in [-0.15, -0.1) is 0 Å². The fourth-order valence-electron chi connectivity index (χ4n) is 2.99. The molecule has 27 heavy (non-hydrogen) atoms. The van der Waals surface area contributed by atoms with Crippen molar-refractivity contribution in [3.63, 3.8) is 0 Å². The average molecular weight is 411 g/mol. The van der Waals surface area contributed by atoms with E-state index in [1.165, 1.54) is 48.5 Å². The Hall–Kier alpha value is -1.96. The Morgan fingerprint density at radius 3 is 2.22 bits per heavy atom. The fourth-order valence-corrected chi connectivity index (χ4v) is 4.50. The summed E-state index contributed by atoms with van der Waals surface area (Å²) in [6, 6.07) is 11.4. The van der Waals surface area contributed by atoms with E-state index in [9.17, 15) is 17.6 Å². The minimum absolute atomic E-state index is 0.0230. The van der Waals surface area contributed by atoms with Crippen molar-refractivity contribution in [3.8, 4) is 0 Å². The van der Waals surface area contributed by atoms with E-state index in [1.807, 2.05) is 0 Å². The zero-order chi connectivity index (χ0) is 19.4.